The Morgan fingerprint density at radius 1 is 0.920 bits per heavy atom. The molecule has 0 aromatic heterocycles. The summed E-state index contributed by atoms with van der Waals surface area (Å²) in [5, 5.41) is 0. The molecule has 0 aliphatic carbocycles. The molecule has 0 unspecified atom stereocenters. The van der Waals surface area contributed by atoms with E-state index < -0.39 is 52.1 Å². The van der Waals surface area contributed by atoms with Crippen LogP contribution in [0.3, 0.4) is 0 Å². The minimum Gasteiger partial charge on any atom is -0.463 e. The normalized spacial score (nSPS) is 34.2. The molecule has 0 spiro atoms. The van der Waals surface area contributed by atoms with Crippen molar-refractivity contribution in [2.24, 2.45) is 0 Å². The van der Waals surface area contributed by atoms with Crippen LogP contribution in [-0.2, 0) is 42.8 Å². The summed E-state index contributed by atoms with van der Waals surface area (Å²) in [5.41, 5.74) is 0. The molecule has 2 fully saturated rings. The topological polar surface area (TPSA) is 107 Å². The average Bonchev–Trinajstić information content (AvgIpc) is 2.89. The second-order valence-electron chi connectivity index (χ2n) is 7.07. The van der Waals surface area contributed by atoms with Gasteiger partial charge in [0, 0.05) is 6.92 Å². The SMILES string of the molecule is CC(=O)OC[C@@H]1OC(C)(C)O[C@H]1[C@H]1OC(C)(C)O[C@@H]1COS(C)(=O)=O. The lowest BCUT2D eigenvalue weighted by molar-refractivity contribution is -0.175. The van der Waals surface area contributed by atoms with Gasteiger partial charge in [-0.2, -0.15) is 8.42 Å². The molecule has 0 N–H and O–H groups in total. The van der Waals surface area contributed by atoms with Gasteiger partial charge in [0.05, 0.1) is 12.9 Å². The molecular weight excluding hydrogens is 356 g/mol. The molecule has 0 bridgehead atoms. The molecule has 0 amide bonds. The van der Waals surface area contributed by atoms with Gasteiger partial charge in [-0.1, -0.05) is 0 Å². The van der Waals surface area contributed by atoms with Crippen LogP contribution in [0.15, 0.2) is 0 Å². The Hall–Kier alpha value is -0.780. The van der Waals surface area contributed by atoms with Gasteiger partial charge in [-0.05, 0) is 27.7 Å². The minimum absolute atomic E-state index is 0.0105. The largest absolute Gasteiger partial charge is 0.463 e. The van der Waals surface area contributed by atoms with E-state index in [4.69, 9.17) is 27.9 Å². The third-order valence-electron chi connectivity index (χ3n) is 3.66. The van der Waals surface area contributed by atoms with Crippen LogP contribution in [0.2, 0.25) is 0 Å². The Balaban J connectivity index is 2.16. The van der Waals surface area contributed by atoms with Crippen molar-refractivity contribution in [3.05, 3.63) is 0 Å². The Kier molecular flexibility index (Phi) is 5.82. The molecule has 0 radical (unpaired) electrons. The van der Waals surface area contributed by atoms with E-state index >= 15 is 0 Å². The first kappa shape index (κ1) is 20.5. The fourth-order valence-electron chi connectivity index (χ4n) is 2.93. The monoisotopic (exact) mass is 382 g/mol. The second-order valence-corrected chi connectivity index (χ2v) is 8.71. The maximum atomic E-state index is 11.3. The summed E-state index contributed by atoms with van der Waals surface area (Å²) in [5.74, 6) is -2.29. The molecule has 2 aliphatic heterocycles. The predicted molar refractivity (Wildman–Crippen MR) is 85.1 cm³/mol. The van der Waals surface area contributed by atoms with Gasteiger partial charge in [-0.25, -0.2) is 0 Å². The van der Waals surface area contributed by atoms with Gasteiger partial charge in [0.15, 0.2) is 11.6 Å². The maximum Gasteiger partial charge on any atom is 0.302 e. The Morgan fingerprint density at radius 2 is 1.36 bits per heavy atom. The molecule has 2 rings (SSSR count). The maximum absolute atomic E-state index is 11.3. The molecular formula is C15H26O9S. The summed E-state index contributed by atoms with van der Waals surface area (Å²) in [6, 6.07) is 0. The van der Waals surface area contributed by atoms with Crippen LogP contribution in [0.25, 0.3) is 0 Å². The minimum atomic E-state index is -3.63. The summed E-state index contributed by atoms with van der Waals surface area (Å²) >= 11 is 0. The highest BCUT2D eigenvalue weighted by Crippen LogP contribution is 2.38. The fraction of sp³-hybridized carbons (Fsp3) is 0.933. The first-order chi connectivity index (χ1) is 11.3. The predicted octanol–water partition coefficient (Wildman–Crippen LogP) is 0.566. The van der Waals surface area contributed by atoms with Crippen molar-refractivity contribution in [2.75, 3.05) is 19.5 Å². The van der Waals surface area contributed by atoms with E-state index in [1.54, 1.807) is 27.7 Å². The van der Waals surface area contributed by atoms with Gasteiger partial charge >= 0.3 is 5.97 Å². The number of carbonyl (C=O) groups is 1. The Morgan fingerprint density at radius 3 is 1.76 bits per heavy atom. The molecule has 0 aromatic rings. The Labute approximate surface area is 148 Å². The summed E-state index contributed by atoms with van der Waals surface area (Å²) in [7, 11) is -3.63. The summed E-state index contributed by atoms with van der Waals surface area (Å²) < 4.78 is 55.8. The van der Waals surface area contributed by atoms with E-state index in [0.717, 1.165) is 6.26 Å². The number of hydrogen-bond acceptors (Lipinski definition) is 9. The van der Waals surface area contributed by atoms with Crippen molar-refractivity contribution in [3.63, 3.8) is 0 Å². The third-order valence-corrected chi connectivity index (χ3v) is 4.23. The zero-order valence-corrected chi connectivity index (χ0v) is 16.1. The average molecular weight is 382 g/mol. The first-order valence-corrected chi connectivity index (χ1v) is 9.79. The molecule has 0 saturated carbocycles. The second kappa shape index (κ2) is 7.09. The fourth-order valence-corrected chi connectivity index (χ4v) is 3.31. The molecule has 10 heteroatoms. The molecule has 2 aliphatic rings. The van der Waals surface area contributed by atoms with Crippen LogP contribution in [0.4, 0.5) is 0 Å². The van der Waals surface area contributed by atoms with Gasteiger partial charge in [-0.3, -0.25) is 8.98 Å². The van der Waals surface area contributed by atoms with Crippen LogP contribution >= 0.6 is 0 Å². The lowest BCUT2D eigenvalue weighted by Crippen LogP contribution is -2.45. The van der Waals surface area contributed by atoms with Gasteiger partial charge in [-0.15, -0.1) is 0 Å². The summed E-state index contributed by atoms with van der Waals surface area (Å²) in [6.07, 6.45) is -1.58. The number of hydrogen-bond donors (Lipinski definition) is 0. The highest BCUT2D eigenvalue weighted by molar-refractivity contribution is 7.85. The lowest BCUT2D eigenvalue weighted by Gasteiger charge is -2.25. The van der Waals surface area contributed by atoms with Crippen molar-refractivity contribution in [1.29, 1.82) is 0 Å². The van der Waals surface area contributed by atoms with Crippen molar-refractivity contribution in [3.8, 4) is 0 Å². The van der Waals surface area contributed by atoms with E-state index in [2.05, 4.69) is 0 Å². The smallest absolute Gasteiger partial charge is 0.302 e. The molecule has 9 nitrogen and oxygen atoms in total. The highest BCUT2D eigenvalue weighted by Gasteiger charge is 2.54. The van der Waals surface area contributed by atoms with Crippen molar-refractivity contribution < 1.29 is 41.1 Å². The molecule has 25 heavy (non-hydrogen) atoms. The number of rotatable bonds is 6. The van der Waals surface area contributed by atoms with Crippen LogP contribution in [-0.4, -0.2) is 69.8 Å². The van der Waals surface area contributed by atoms with Crippen LogP contribution in [0, 0.1) is 0 Å². The zero-order chi connectivity index (χ0) is 19.0. The summed E-state index contributed by atoms with van der Waals surface area (Å²) in [6.45, 7) is 7.96. The number of esters is 1. The molecule has 2 saturated heterocycles. The molecule has 146 valence electrons. The third kappa shape index (κ3) is 5.87. The first-order valence-electron chi connectivity index (χ1n) is 7.97. The zero-order valence-electron chi connectivity index (χ0n) is 15.3. The van der Waals surface area contributed by atoms with E-state index in [9.17, 15) is 13.2 Å². The van der Waals surface area contributed by atoms with Crippen molar-refractivity contribution >= 4 is 16.1 Å². The van der Waals surface area contributed by atoms with Gasteiger partial charge < -0.3 is 23.7 Å². The van der Waals surface area contributed by atoms with Gasteiger partial charge in [0.1, 0.15) is 31.0 Å². The van der Waals surface area contributed by atoms with Crippen molar-refractivity contribution in [2.45, 2.75) is 70.6 Å². The van der Waals surface area contributed by atoms with Crippen LogP contribution in [0.5, 0.6) is 0 Å². The molecule has 0 aromatic carbocycles. The quantitative estimate of drug-likeness (QED) is 0.481. The lowest BCUT2D eigenvalue weighted by atomic mass is 10.0. The van der Waals surface area contributed by atoms with Crippen LogP contribution < -0.4 is 0 Å². The highest BCUT2D eigenvalue weighted by atomic mass is 32.2. The molecule has 4 atom stereocenters. The van der Waals surface area contributed by atoms with Gasteiger partial charge in [0.2, 0.25) is 0 Å². The number of carbonyl (C=O) groups excluding carboxylic acids is 1. The van der Waals surface area contributed by atoms with E-state index in [1.807, 2.05) is 0 Å². The summed E-state index contributed by atoms with van der Waals surface area (Å²) in [4.78, 5) is 11.1. The van der Waals surface area contributed by atoms with E-state index in [-0.39, 0.29) is 13.2 Å². The van der Waals surface area contributed by atoms with Crippen molar-refractivity contribution in [1.82, 2.24) is 0 Å². The van der Waals surface area contributed by atoms with Crippen LogP contribution in [0.1, 0.15) is 34.6 Å². The Bertz CT molecular complexity index is 598. The van der Waals surface area contributed by atoms with E-state index in [0.29, 0.717) is 0 Å². The van der Waals surface area contributed by atoms with E-state index in [1.165, 1.54) is 6.92 Å². The van der Waals surface area contributed by atoms with Gasteiger partial charge in [0.25, 0.3) is 10.1 Å². The molecule has 2 heterocycles. The number of ether oxygens (including phenoxy) is 5. The standard InChI is InChI=1S/C15H26O9S/c1-9(16)19-7-10-12(23-14(2,3)21-10)13-11(8-20-25(6,17)18)22-15(4,5)24-13/h10-13H,7-8H2,1-6H3/t10-,11+,12+,13-/m0/s1.